The summed E-state index contributed by atoms with van der Waals surface area (Å²) in [6.45, 7) is 13.0. The van der Waals surface area contributed by atoms with Crippen LogP contribution in [0.4, 0.5) is 17.2 Å². The van der Waals surface area contributed by atoms with Gasteiger partial charge in [0.05, 0.1) is 11.4 Å². The summed E-state index contributed by atoms with van der Waals surface area (Å²) >= 11 is 0. The molecule has 57 heavy (non-hydrogen) atoms. The second kappa shape index (κ2) is 15.9. The molecule has 8 aromatic rings. The number of hydrogen-bond acceptors (Lipinski definition) is 5. The van der Waals surface area contributed by atoms with Crippen molar-refractivity contribution in [1.82, 2.24) is 15.0 Å². The number of phenols is 1. The van der Waals surface area contributed by atoms with Crippen molar-refractivity contribution in [2.75, 3.05) is 4.90 Å². The van der Waals surface area contributed by atoms with Gasteiger partial charge in [-0.2, -0.15) is 0 Å². The van der Waals surface area contributed by atoms with Crippen molar-refractivity contribution in [2.45, 2.75) is 52.4 Å². The molecule has 0 aliphatic rings. The predicted molar refractivity (Wildman–Crippen MR) is 232 cm³/mol. The van der Waals surface area contributed by atoms with E-state index in [4.69, 9.17) is 9.97 Å². The van der Waals surface area contributed by atoms with Crippen LogP contribution in [-0.2, 0) is 31.9 Å². The van der Waals surface area contributed by atoms with E-state index in [9.17, 15) is 5.11 Å². The minimum atomic E-state index is -0.282. The van der Waals surface area contributed by atoms with E-state index in [1.165, 1.54) is 0 Å². The Kier molecular flexibility index (Phi) is 11.0. The third-order valence-corrected chi connectivity index (χ3v) is 10.3. The van der Waals surface area contributed by atoms with Crippen LogP contribution in [0.3, 0.4) is 0 Å². The van der Waals surface area contributed by atoms with E-state index in [1.807, 2.05) is 55.0 Å². The number of aromatic nitrogens is 3. The van der Waals surface area contributed by atoms with Gasteiger partial charge in [-0.1, -0.05) is 120 Å². The molecule has 0 spiro atoms. The first-order valence-electron chi connectivity index (χ1n) is 19.1. The molecule has 0 unspecified atom stereocenters. The molecule has 5 nitrogen and oxygen atoms in total. The summed E-state index contributed by atoms with van der Waals surface area (Å²) in [5.41, 5.74) is 10.6. The van der Waals surface area contributed by atoms with Crippen molar-refractivity contribution in [2.24, 2.45) is 0 Å². The molecule has 286 valence electrons. The third-order valence-electron chi connectivity index (χ3n) is 10.3. The van der Waals surface area contributed by atoms with Crippen LogP contribution in [-0.4, -0.2) is 20.1 Å². The number of pyridine rings is 3. The van der Waals surface area contributed by atoms with Crippen LogP contribution in [0.25, 0.3) is 55.5 Å². The fourth-order valence-corrected chi connectivity index (χ4v) is 7.22. The third kappa shape index (κ3) is 8.17. The Labute approximate surface area is 350 Å². The van der Waals surface area contributed by atoms with Gasteiger partial charge in [0.15, 0.2) is 0 Å². The number of anilines is 3. The van der Waals surface area contributed by atoms with Crippen molar-refractivity contribution >= 4 is 28.0 Å². The van der Waals surface area contributed by atoms with Crippen LogP contribution < -0.4 is 4.90 Å². The minimum absolute atomic E-state index is 0. The Morgan fingerprint density at radius 2 is 1.25 bits per heavy atom. The fourth-order valence-electron chi connectivity index (χ4n) is 7.22. The van der Waals surface area contributed by atoms with Gasteiger partial charge < -0.3 is 10.0 Å². The maximum atomic E-state index is 12.0. The summed E-state index contributed by atoms with van der Waals surface area (Å²) in [5.74, 6) is 1.02. The van der Waals surface area contributed by atoms with Gasteiger partial charge in [0, 0.05) is 56.2 Å². The maximum Gasteiger partial charge on any atom is 0.136 e. The molecule has 3 aromatic heterocycles. The molecule has 6 heteroatoms. The molecule has 5 aromatic carbocycles. The summed E-state index contributed by atoms with van der Waals surface area (Å²) in [6, 6.07) is 51.7. The smallest absolute Gasteiger partial charge is 0.136 e. The summed E-state index contributed by atoms with van der Waals surface area (Å²) in [7, 11) is 0. The van der Waals surface area contributed by atoms with Gasteiger partial charge >= 0.3 is 0 Å². The van der Waals surface area contributed by atoms with Crippen LogP contribution >= 0.6 is 0 Å². The summed E-state index contributed by atoms with van der Waals surface area (Å²) in [6.07, 6.45) is 5.47. The Hall–Kier alpha value is -5.90. The summed E-state index contributed by atoms with van der Waals surface area (Å²) in [5, 5.41) is 14.2. The first kappa shape index (κ1) is 39.3. The van der Waals surface area contributed by atoms with Crippen LogP contribution in [0.1, 0.15) is 52.7 Å². The van der Waals surface area contributed by atoms with Gasteiger partial charge in [-0.15, -0.1) is 29.8 Å². The van der Waals surface area contributed by atoms with Gasteiger partial charge in [0.25, 0.3) is 0 Å². The van der Waals surface area contributed by atoms with Crippen LogP contribution in [0.5, 0.6) is 5.75 Å². The number of phenolic OH excluding ortho intramolecular Hbond substituents is 1. The van der Waals surface area contributed by atoms with Gasteiger partial charge in [0.2, 0.25) is 0 Å². The van der Waals surface area contributed by atoms with Gasteiger partial charge in [0.1, 0.15) is 11.6 Å². The van der Waals surface area contributed by atoms with E-state index in [1.54, 1.807) is 0 Å². The van der Waals surface area contributed by atoms with Crippen molar-refractivity contribution in [3.8, 4) is 50.5 Å². The number of benzene rings is 5. The second-order valence-corrected chi connectivity index (χ2v) is 16.3. The molecular formula is C51H45N4OPt-. The predicted octanol–water partition coefficient (Wildman–Crippen LogP) is 13.3. The molecular weight excluding hydrogens is 880 g/mol. The second-order valence-electron chi connectivity index (χ2n) is 16.3. The number of aromatic hydroxyl groups is 1. The standard InChI is InChI=1S/C51H45N4O.Pt/c1-50(2,3)40-32-43(49(56)44(33-40)51(4,5)6)46-30-39(34-14-8-7-9-15-34)29-45(54-46)38-18-12-19-41(28-38)55(47-21-13-17-36-16-10-11-20-42(36)47)48-31-37(24-27-53-48)35-22-25-52-26-23-35;/h7-27,29-33,56H,1-6H3;/q-1;. The molecule has 0 bridgehead atoms. The molecule has 3 heterocycles. The Balaban J connectivity index is 0.00000496. The topological polar surface area (TPSA) is 62.1 Å². The molecule has 1 N–H and O–H groups in total. The monoisotopic (exact) mass is 924 g/mol. The maximum absolute atomic E-state index is 12.0. The first-order valence-corrected chi connectivity index (χ1v) is 19.1. The molecule has 0 saturated heterocycles. The van der Waals surface area contributed by atoms with Crippen LogP contribution in [0, 0.1) is 6.07 Å². The minimum Gasteiger partial charge on any atom is -0.507 e. The van der Waals surface area contributed by atoms with Crippen molar-refractivity contribution < 1.29 is 26.2 Å². The number of nitrogens with zero attached hydrogens (tertiary/aromatic N) is 4. The van der Waals surface area contributed by atoms with Crippen LogP contribution in [0.15, 0.2) is 158 Å². The average molecular weight is 925 g/mol. The van der Waals surface area contributed by atoms with E-state index in [0.29, 0.717) is 11.3 Å². The number of hydrogen-bond donors (Lipinski definition) is 1. The number of fused-ring (bicyclic) bond motifs is 1. The SMILES string of the molecule is CC(C)(C)c1cc(-c2cc(-c3ccccc3)cc(-c3[c-]c(N(c4cc(-c5ccncc5)ccn4)c4cccc5ccccc45)ccc3)n2)c(O)c(C(C)(C)C)c1.[Pt]. The summed E-state index contributed by atoms with van der Waals surface area (Å²) < 4.78 is 0. The zero-order valence-corrected chi connectivity index (χ0v) is 35.3. The normalized spacial score (nSPS) is 11.6. The van der Waals surface area contributed by atoms with Crippen molar-refractivity contribution in [1.29, 1.82) is 0 Å². The van der Waals surface area contributed by atoms with E-state index in [0.717, 1.165) is 72.6 Å². The van der Waals surface area contributed by atoms with E-state index in [2.05, 4.69) is 161 Å². The largest absolute Gasteiger partial charge is 0.507 e. The van der Waals surface area contributed by atoms with E-state index >= 15 is 0 Å². The van der Waals surface area contributed by atoms with Gasteiger partial charge in [-0.05, 0) is 97.9 Å². The molecule has 0 saturated carbocycles. The molecule has 0 amide bonds. The van der Waals surface area contributed by atoms with Gasteiger partial charge in [-0.3, -0.25) is 9.97 Å². The molecule has 0 aliphatic heterocycles. The molecule has 0 radical (unpaired) electrons. The fraction of sp³-hybridized carbons (Fsp3) is 0.157. The molecule has 0 fully saturated rings. The van der Waals surface area contributed by atoms with Crippen molar-refractivity contribution in [3.05, 3.63) is 175 Å². The Morgan fingerprint density at radius 3 is 2.00 bits per heavy atom. The quantitative estimate of drug-likeness (QED) is 0.161. The van der Waals surface area contributed by atoms with E-state index < -0.39 is 0 Å². The van der Waals surface area contributed by atoms with Crippen LogP contribution in [0.2, 0.25) is 0 Å². The molecule has 0 atom stereocenters. The molecule has 8 rings (SSSR count). The molecule has 0 aliphatic carbocycles. The summed E-state index contributed by atoms with van der Waals surface area (Å²) in [4.78, 5) is 16.7. The first-order chi connectivity index (χ1) is 26.9. The Bertz CT molecular complexity index is 2680. The van der Waals surface area contributed by atoms with E-state index in [-0.39, 0.29) is 37.6 Å². The average Bonchev–Trinajstić information content (AvgIpc) is 3.21. The Morgan fingerprint density at radius 1 is 0.579 bits per heavy atom. The number of rotatable bonds is 7. The van der Waals surface area contributed by atoms with Gasteiger partial charge in [-0.25, -0.2) is 4.98 Å². The zero-order valence-electron chi connectivity index (χ0n) is 33.1. The van der Waals surface area contributed by atoms with Crippen molar-refractivity contribution in [3.63, 3.8) is 0 Å². The zero-order chi connectivity index (χ0) is 39.0.